The van der Waals surface area contributed by atoms with Crippen molar-refractivity contribution in [2.75, 3.05) is 19.6 Å². The van der Waals surface area contributed by atoms with Crippen molar-refractivity contribution >= 4 is 5.91 Å². The smallest absolute Gasteiger partial charge is 0.233 e. The van der Waals surface area contributed by atoms with Crippen LogP contribution in [0.25, 0.3) is 0 Å². The van der Waals surface area contributed by atoms with Gasteiger partial charge in [0.25, 0.3) is 0 Å². The normalized spacial score (nSPS) is 25.6. The molecule has 0 aromatic rings. The summed E-state index contributed by atoms with van der Waals surface area (Å²) in [7, 11) is 0. The Kier molecular flexibility index (Phi) is 3.23. The Morgan fingerprint density at radius 1 is 1.12 bits per heavy atom. The van der Waals surface area contributed by atoms with Crippen molar-refractivity contribution in [3.05, 3.63) is 0 Å². The monoisotopic (exact) mass is 238 g/mol. The highest BCUT2D eigenvalue weighted by molar-refractivity contribution is 5.78. The third kappa shape index (κ3) is 2.65. The van der Waals surface area contributed by atoms with Crippen LogP contribution in [-0.2, 0) is 4.79 Å². The van der Waals surface area contributed by atoms with E-state index in [1.54, 1.807) is 0 Å². The van der Waals surface area contributed by atoms with E-state index in [0.717, 1.165) is 19.0 Å². The summed E-state index contributed by atoms with van der Waals surface area (Å²) >= 11 is 0. The molecule has 2 saturated carbocycles. The zero-order valence-electron chi connectivity index (χ0n) is 11.6. The molecular formula is C14H26N2O. The standard InChI is InChI=1S/C14H26N2O/c1-13(2)11(14(13,3)4)8-15-9-12(17)16-7-10-5-6-10/h10-11,15H,5-9H2,1-4H3,(H,16,17). The Morgan fingerprint density at radius 2 is 1.71 bits per heavy atom. The van der Waals surface area contributed by atoms with Gasteiger partial charge >= 0.3 is 0 Å². The Balaban J connectivity index is 1.58. The van der Waals surface area contributed by atoms with E-state index in [1.165, 1.54) is 12.8 Å². The number of carbonyl (C=O) groups excluding carboxylic acids is 1. The van der Waals surface area contributed by atoms with Crippen LogP contribution in [0, 0.1) is 22.7 Å². The average Bonchev–Trinajstić information content (AvgIpc) is 3.10. The fraction of sp³-hybridized carbons (Fsp3) is 0.929. The summed E-state index contributed by atoms with van der Waals surface area (Å²) in [5.74, 6) is 1.60. The van der Waals surface area contributed by atoms with Crippen LogP contribution in [0.5, 0.6) is 0 Å². The maximum Gasteiger partial charge on any atom is 0.233 e. The SMILES string of the molecule is CC1(C)C(CNCC(=O)NCC2CC2)C1(C)C. The maximum absolute atomic E-state index is 11.5. The summed E-state index contributed by atoms with van der Waals surface area (Å²) in [5, 5.41) is 6.27. The topological polar surface area (TPSA) is 41.1 Å². The lowest BCUT2D eigenvalue weighted by Crippen LogP contribution is -2.36. The Labute approximate surface area is 105 Å². The van der Waals surface area contributed by atoms with Gasteiger partial charge < -0.3 is 10.6 Å². The second kappa shape index (κ2) is 4.27. The van der Waals surface area contributed by atoms with Crippen LogP contribution in [0.4, 0.5) is 0 Å². The third-order valence-electron chi connectivity index (χ3n) is 5.24. The van der Waals surface area contributed by atoms with Crippen molar-refractivity contribution in [3.63, 3.8) is 0 Å². The number of hydrogen-bond donors (Lipinski definition) is 2. The van der Waals surface area contributed by atoms with E-state index in [1.807, 2.05) is 0 Å². The average molecular weight is 238 g/mol. The molecule has 0 saturated heterocycles. The molecule has 3 heteroatoms. The molecule has 1 amide bonds. The van der Waals surface area contributed by atoms with Crippen molar-refractivity contribution in [1.29, 1.82) is 0 Å². The predicted molar refractivity (Wildman–Crippen MR) is 69.7 cm³/mol. The third-order valence-corrected chi connectivity index (χ3v) is 5.24. The van der Waals surface area contributed by atoms with E-state index in [2.05, 4.69) is 38.3 Å². The quantitative estimate of drug-likeness (QED) is 0.740. The number of amides is 1. The van der Waals surface area contributed by atoms with Gasteiger partial charge in [0.15, 0.2) is 0 Å². The number of nitrogens with one attached hydrogen (secondary N) is 2. The molecule has 0 heterocycles. The van der Waals surface area contributed by atoms with Crippen molar-refractivity contribution in [1.82, 2.24) is 10.6 Å². The second-order valence-electron chi connectivity index (χ2n) is 6.87. The minimum absolute atomic E-state index is 0.146. The molecule has 0 aromatic carbocycles. The Hall–Kier alpha value is -0.570. The van der Waals surface area contributed by atoms with Gasteiger partial charge in [-0.1, -0.05) is 27.7 Å². The molecule has 2 fully saturated rings. The van der Waals surface area contributed by atoms with Crippen LogP contribution >= 0.6 is 0 Å². The summed E-state index contributed by atoms with van der Waals surface area (Å²) in [6, 6.07) is 0. The van der Waals surface area contributed by atoms with Gasteiger partial charge in [0, 0.05) is 6.54 Å². The Morgan fingerprint density at radius 3 is 2.18 bits per heavy atom. The van der Waals surface area contributed by atoms with E-state index in [9.17, 15) is 4.79 Å². The van der Waals surface area contributed by atoms with Gasteiger partial charge in [-0.15, -0.1) is 0 Å². The predicted octanol–water partition coefficient (Wildman–Crippen LogP) is 1.78. The van der Waals surface area contributed by atoms with Gasteiger partial charge in [-0.25, -0.2) is 0 Å². The van der Waals surface area contributed by atoms with E-state index in [0.29, 0.717) is 23.3 Å². The first-order chi connectivity index (χ1) is 7.85. The van der Waals surface area contributed by atoms with Crippen LogP contribution in [0.3, 0.4) is 0 Å². The van der Waals surface area contributed by atoms with Crippen LogP contribution in [0.1, 0.15) is 40.5 Å². The molecule has 17 heavy (non-hydrogen) atoms. The molecular weight excluding hydrogens is 212 g/mol. The van der Waals surface area contributed by atoms with Gasteiger partial charge in [-0.3, -0.25) is 4.79 Å². The van der Waals surface area contributed by atoms with Gasteiger partial charge in [-0.2, -0.15) is 0 Å². The van der Waals surface area contributed by atoms with Crippen molar-refractivity contribution in [3.8, 4) is 0 Å². The number of rotatable bonds is 6. The maximum atomic E-state index is 11.5. The lowest BCUT2D eigenvalue weighted by molar-refractivity contribution is -0.120. The van der Waals surface area contributed by atoms with Gasteiger partial charge in [-0.05, 0) is 42.1 Å². The molecule has 3 nitrogen and oxygen atoms in total. The van der Waals surface area contributed by atoms with Crippen molar-refractivity contribution in [2.24, 2.45) is 22.7 Å². The minimum Gasteiger partial charge on any atom is -0.355 e. The molecule has 0 atom stereocenters. The summed E-state index contributed by atoms with van der Waals surface area (Å²) < 4.78 is 0. The number of carbonyl (C=O) groups is 1. The van der Waals surface area contributed by atoms with E-state index in [4.69, 9.17) is 0 Å². The van der Waals surface area contributed by atoms with E-state index in [-0.39, 0.29) is 5.91 Å². The van der Waals surface area contributed by atoms with Crippen LogP contribution in [0.15, 0.2) is 0 Å². The molecule has 2 aliphatic rings. The lowest BCUT2D eigenvalue weighted by Gasteiger charge is -2.07. The summed E-state index contributed by atoms with van der Waals surface area (Å²) in [6.07, 6.45) is 2.58. The first-order valence-electron chi connectivity index (χ1n) is 6.83. The summed E-state index contributed by atoms with van der Waals surface area (Å²) in [4.78, 5) is 11.5. The highest BCUT2D eigenvalue weighted by atomic mass is 16.1. The van der Waals surface area contributed by atoms with Crippen molar-refractivity contribution < 1.29 is 4.79 Å². The summed E-state index contributed by atoms with van der Waals surface area (Å²) in [6.45, 7) is 11.5. The van der Waals surface area contributed by atoms with E-state index >= 15 is 0 Å². The molecule has 0 unspecified atom stereocenters. The van der Waals surface area contributed by atoms with Gasteiger partial charge in [0.05, 0.1) is 6.54 Å². The first-order valence-corrected chi connectivity index (χ1v) is 6.83. The molecule has 2 N–H and O–H groups in total. The Bertz CT molecular complexity index is 291. The van der Waals surface area contributed by atoms with Crippen LogP contribution in [0.2, 0.25) is 0 Å². The van der Waals surface area contributed by atoms with Crippen molar-refractivity contribution in [2.45, 2.75) is 40.5 Å². The molecule has 98 valence electrons. The number of hydrogen-bond acceptors (Lipinski definition) is 2. The largest absolute Gasteiger partial charge is 0.355 e. The molecule has 0 aromatic heterocycles. The van der Waals surface area contributed by atoms with Crippen LogP contribution < -0.4 is 10.6 Å². The molecule has 0 aliphatic heterocycles. The molecule has 0 bridgehead atoms. The molecule has 0 spiro atoms. The highest BCUT2D eigenvalue weighted by Crippen LogP contribution is 2.67. The molecule has 2 rings (SSSR count). The zero-order valence-corrected chi connectivity index (χ0v) is 11.6. The fourth-order valence-corrected chi connectivity index (χ4v) is 2.82. The lowest BCUT2D eigenvalue weighted by atomic mass is 10.0. The highest BCUT2D eigenvalue weighted by Gasteiger charge is 2.63. The zero-order chi connectivity index (χ0) is 12.7. The second-order valence-corrected chi connectivity index (χ2v) is 6.87. The molecule has 0 radical (unpaired) electrons. The van der Waals surface area contributed by atoms with Crippen LogP contribution in [-0.4, -0.2) is 25.5 Å². The van der Waals surface area contributed by atoms with Gasteiger partial charge in [0.1, 0.15) is 0 Å². The fourth-order valence-electron chi connectivity index (χ4n) is 2.82. The van der Waals surface area contributed by atoms with Gasteiger partial charge in [0.2, 0.25) is 5.91 Å². The van der Waals surface area contributed by atoms with E-state index < -0.39 is 0 Å². The summed E-state index contributed by atoms with van der Waals surface area (Å²) in [5.41, 5.74) is 0.814. The molecule has 2 aliphatic carbocycles. The first kappa shape index (κ1) is 12.9. The minimum atomic E-state index is 0.146.